The van der Waals surface area contributed by atoms with Crippen LogP contribution in [0.2, 0.25) is 0 Å². The summed E-state index contributed by atoms with van der Waals surface area (Å²) in [5.74, 6) is 2.06. The van der Waals surface area contributed by atoms with Gasteiger partial charge in [-0.1, -0.05) is 12.1 Å². The molecule has 0 amide bonds. The Morgan fingerprint density at radius 1 is 1.35 bits per heavy atom. The molecule has 0 radical (unpaired) electrons. The molecule has 23 heavy (non-hydrogen) atoms. The van der Waals surface area contributed by atoms with Crippen LogP contribution in [0.3, 0.4) is 0 Å². The van der Waals surface area contributed by atoms with Crippen molar-refractivity contribution in [2.45, 2.75) is 29.4 Å². The first-order valence-electron chi connectivity index (χ1n) is 7.67. The Bertz CT molecular complexity index is 623. The summed E-state index contributed by atoms with van der Waals surface area (Å²) < 4.78 is 22.4. The molecule has 0 saturated carbocycles. The first-order valence-corrected chi connectivity index (χ1v) is 10.3. The zero-order valence-electron chi connectivity index (χ0n) is 13.3. The highest BCUT2D eigenvalue weighted by atomic mass is 32.2. The highest BCUT2D eigenvalue weighted by molar-refractivity contribution is 8.00. The first kappa shape index (κ1) is 18.1. The number of guanidine groups is 1. The molecule has 1 aromatic rings. The summed E-state index contributed by atoms with van der Waals surface area (Å²) >= 11 is 2.01. The monoisotopic (exact) mass is 356 g/mol. The Balaban J connectivity index is 1.74. The third kappa shape index (κ3) is 6.04. The summed E-state index contributed by atoms with van der Waals surface area (Å²) in [5.41, 5.74) is 1.05. The first-order chi connectivity index (χ1) is 11.0. The van der Waals surface area contributed by atoms with Crippen LogP contribution in [-0.4, -0.2) is 45.5 Å². The van der Waals surface area contributed by atoms with Crippen molar-refractivity contribution >= 4 is 27.7 Å². The normalized spacial score (nSPS) is 18.9. The van der Waals surface area contributed by atoms with Gasteiger partial charge in [-0.05, 0) is 42.7 Å². The minimum Gasteiger partial charge on any atom is -0.356 e. The molecular formula is C15H24N4O2S2. The van der Waals surface area contributed by atoms with Crippen molar-refractivity contribution in [3.05, 3.63) is 29.8 Å². The second kappa shape index (κ2) is 8.56. The van der Waals surface area contributed by atoms with Gasteiger partial charge in [0.1, 0.15) is 0 Å². The number of nitrogens with one attached hydrogen (secondary N) is 2. The predicted molar refractivity (Wildman–Crippen MR) is 96.4 cm³/mol. The molecule has 1 saturated heterocycles. The van der Waals surface area contributed by atoms with Crippen LogP contribution >= 0.6 is 11.8 Å². The number of nitrogens with zero attached hydrogens (tertiary/aromatic N) is 1. The molecule has 128 valence electrons. The van der Waals surface area contributed by atoms with Crippen molar-refractivity contribution in [2.24, 2.45) is 10.1 Å². The van der Waals surface area contributed by atoms with E-state index in [4.69, 9.17) is 5.14 Å². The maximum atomic E-state index is 11.2. The Kier molecular flexibility index (Phi) is 6.73. The minimum atomic E-state index is -3.62. The molecule has 1 aliphatic rings. The van der Waals surface area contributed by atoms with Gasteiger partial charge in [-0.25, -0.2) is 13.6 Å². The van der Waals surface area contributed by atoms with Gasteiger partial charge < -0.3 is 10.6 Å². The van der Waals surface area contributed by atoms with Crippen LogP contribution in [0.25, 0.3) is 0 Å². The van der Waals surface area contributed by atoms with Gasteiger partial charge in [0.15, 0.2) is 5.96 Å². The molecule has 0 aliphatic carbocycles. The number of primary sulfonamides is 1. The summed E-state index contributed by atoms with van der Waals surface area (Å²) in [5, 5.41) is 12.4. The molecule has 4 N–H and O–H groups in total. The Morgan fingerprint density at radius 2 is 2.09 bits per heavy atom. The Hall–Kier alpha value is -1.25. The fourth-order valence-corrected chi connectivity index (χ4v) is 4.12. The van der Waals surface area contributed by atoms with Crippen molar-refractivity contribution in [3.8, 4) is 0 Å². The number of hydrogen-bond donors (Lipinski definition) is 3. The molecule has 1 aromatic carbocycles. The van der Waals surface area contributed by atoms with Gasteiger partial charge in [-0.3, -0.25) is 4.99 Å². The maximum Gasteiger partial charge on any atom is 0.238 e. The second-order valence-corrected chi connectivity index (χ2v) is 8.42. The molecule has 0 aromatic heterocycles. The molecule has 1 fully saturated rings. The summed E-state index contributed by atoms with van der Waals surface area (Å²) in [4.78, 5) is 4.36. The van der Waals surface area contributed by atoms with E-state index >= 15 is 0 Å². The van der Waals surface area contributed by atoms with E-state index < -0.39 is 10.0 Å². The zero-order valence-corrected chi connectivity index (χ0v) is 14.9. The van der Waals surface area contributed by atoms with Crippen molar-refractivity contribution in [2.75, 3.05) is 25.9 Å². The van der Waals surface area contributed by atoms with Crippen LogP contribution in [0.15, 0.2) is 34.2 Å². The molecule has 0 bridgehead atoms. The quantitative estimate of drug-likeness (QED) is 0.521. The highest BCUT2D eigenvalue weighted by Crippen LogP contribution is 2.25. The van der Waals surface area contributed by atoms with E-state index in [1.165, 1.54) is 30.7 Å². The van der Waals surface area contributed by atoms with Crippen LogP contribution in [0.1, 0.15) is 18.4 Å². The van der Waals surface area contributed by atoms with Crippen molar-refractivity contribution in [1.29, 1.82) is 0 Å². The largest absolute Gasteiger partial charge is 0.356 e. The average molecular weight is 357 g/mol. The second-order valence-electron chi connectivity index (χ2n) is 5.45. The van der Waals surface area contributed by atoms with Gasteiger partial charge >= 0.3 is 0 Å². The molecule has 1 unspecified atom stereocenters. The number of hydrogen-bond acceptors (Lipinski definition) is 4. The molecule has 6 nitrogen and oxygen atoms in total. The van der Waals surface area contributed by atoms with E-state index in [0.29, 0.717) is 5.25 Å². The number of thioether (sulfide) groups is 1. The molecule has 0 spiro atoms. The van der Waals surface area contributed by atoms with Crippen molar-refractivity contribution in [1.82, 2.24) is 10.6 Å². The standard InChI is InChI=1S/C15H24N4O2S2/c1-17-15(19-11-13-3-2-10-22-13)18-9-8-12-4-6-14(7-5-12)23(16,20)21/h4-7,13H,2-3,8-11H2,1H3,(H2,16,20,21)(H2,17,18,19). The van der Waals surface area contributed by atoms with E-state index in [1.54, 1.807) is 19.2 Å². The lowest BCUT2D eigenvalue weighted by Crippen LogP contribution is -2.40. The van der Waals surface area contributed by atoms with E-state index in [9.17, 15) is 8.42 Å². The highest BCUT2D eigenvalue weighted by Gasteiger charge is 2.15. The van der Waals surface area contributed by atoms with Crippen LogP contribution in [0.4, 0.5) is 0 Å². The van der Waals surface area contributed by atoms with Crippen LogP contribution in [0.5, 0.6) is 0 Å². The fourth-order valence-electron chi connectivity index (χ4n) is 2.41. The number of nitrogens with two attached hydrogens (primary N) is 1. The van der Waals surface area contributed by atoms with E-state index in [0.717, 1.165) is 31.0 Å². The van der Waals surface area contributed by atoms with E-state index in [1.807, 2.05) is 11.8 Å². The Morgan fingerprint density at radius 3 is 2.65 bits per heavy atom. The lowest BCUT2D eigenvalue weighted by Gasteiger charge is -2.14. The van der Waals surface area contributed by atoms with Gasteiger partial charge in [0.25, 0.3) is 0 Å². The molecule has 1 aliphatic heterocycles. The van der Waals surface area contributed by atoms with Gasteiger partial charge in [0.2, 0.25) is 10.0 Å². The molecule has 1 heterocycles. The number of sulfonamides is 1. The molecule has 8 heteroatoms. The van der Waals surface area contributed by atoms with Gasteiger partial charge in [-0.2, -0.15) is 11.8 Å². The molecule has 2 rings (SSSR count). The van der Waals surface area contributed by atoms with Gasteiger partial charge in [-0.15, -0.1) is 0 Å². The van der Waals surface area contributed by atoms with Crippen LogP contribution in [-0.2, 0) is 16.4 Å². The number of aliphatic imine (C=N–C) groups is 1. The third-order valence-electron chi connectivity index (χ3n) is 3.70. The third-order valence-corrected chi connectivity index (χ3v) is 6.03. The molecule has 1 atom stereocenters. The number of rotatable bonds is 6. The van der Waals surface area contributed by atoms with E-state index in [-0.39, 0.29) is 4.90 Å². The van der Waals surface area contributed by atoms with Gasteiger partial charge in [0.05, 0.1) is 4.90 Å². The maximum absolute atomic E-state index is 11.2. The minimum absolute atomic E-state index is 0.140. The fraction of sp³-hybridized carbons (Fsp3) is 0.533. The van der Waals surface area contributed by atoms with E-state index in [2.05, 4.69) is 15.6 Å². The Labute approximate surface area is 142 Å². The lowest BCUT2D eigenvalue weighted by molar-refractivity contribution is 0.598. The zero-order chi connectivity index (χ0) is 16.7. The topological polar surface area (TPSA) is 96.6 Å². The van der Waals surface area contributed by atoms with Crippen LogP contribution in [0, 0.1) is 0 Å². The van der Waals surface area contributed by atoms with Gasteiger partial charge in [0, 0.05) is 25.4 Å². The smallest absolute Gasteiger partial charge is 0.238 e. The summed E-state index contributed by atoms with van der Waals surface area (Å²) in [7, 11) is -1.86. The average Bonchev–Trinajstić information content (AvgIpc) is 3.03. The SMILES string of the molecule is CN=C(NCCc1ccc(S(N)(=O)=O)cc1)NCC1CCCS1. The van der Waals surface area contributed by atoms with Crippen LogP contribution < -0.4 is 15.8 Å². The number of benzene rings is 1. The summed E-state index contributed by atoms with van der Waals surface area (Å²) in [6.07, 6.45) is 3.35. The van der Waals surface area contributed by atoms with Crippen molar-refractivity contribution < 1.29 is 8.42 Å². The lowest BCUT2D eigenvalue weighted by atomic mass is 10.1. The van der Waals surface area contributed by atoms with Crippen molar-refractivity contribution in [3.63, 3.8) is 0 Å². The summed E-state index contributed by atoms with van der Waals surface area (Å²) in [6.45, 7) is 1.67. The predicted octanol–water partition coefficient (Wildman–Crippen LogP) is 0.937. The summed E-state index contributed by atoms with van der Waals surface area (Å²) in [6, 6.07) is 6.64. The molecular weight excluding hydrogens is 332 g/mol.